The molecule has 0 atom stereocenters. The fraction of sp³-hybridized carbons (Fsp3) is 0.160. The molecule has 0 fully saturated rings. The summed E-state index contributed by atoms with van der Waals surface area (Å²) in [7, 11) is -3.67. The Balaban J connectivity index is 1.53. The molecule has 0 bridgehead atoms. The Kier molecular flexibility index (Phi) is 7.59. The molecule has 0 aromatic heterocycles. The van der Waals surface area contributed by atoms with E-state index in [1.807, 2.05) is 25.1 Å². The van der Waals surface area contributed by atoms with Crippen LogP contribution in [0.2, 0.25) is 0 Å². The lowest BCUT2D eigenvalue weighted by atomic mass is 10.1. The highest BCUT2D eigenvalue weighted by Crippen LogP contribution is 2.13. The number of hydrogen-bond acceptors (Lipinski definition) is 5. The Labute approximate surface area is 193 Å². The van der Waals surface area contributed by atoms with Gasteiger partial charge in [-0.15, -0.1) is 0 Å². The van der Waals surface area contributed by atoms with Crippen LogP contribution in [0.5, 0.6) is 0 Å². The van der Waals surface area contributed by atoms with Crippen molar-refractivity contribution in [3.05, 3.63) is 101 Å². The van der Waals surface area contributed by atoms with E-state index in [2.05, 4.69) is 10.6 Å². The van der Waals surface area contributed by atoms with Gasteiger partial charge in [0.25, 0.3) is 5.91 Å². The number of aryl methyl sites for hydroxylation is 1. The standard InChI is InChI=1S/C25H23N3O4S/c1-18-5-11-22(12-6-18)25(30)28-23-4-2-3-21(13-23)15-27-24(29)17-33(31,32)16-20-9-7-19(14-26)8-10-20/h2-13H,15-17H2,1H3,(H,27,29)(H,28,30). The molecule has 0 spiro atoms. The van der Waals surface area contributed by atoms with Gasteiger partial charge in [-0.2, -0.15) is 5.26 Å². The Hall–Kier alpha value is -3.96. The average molecular weight is 462 g/mol. The van der Waals surface area contributed by atoms with Crippen LogP contribution in [0, 0.1) is 18.3 Å². The van der Waals surface area contributed by atoms with Gasteiger partial charge in [0.2, 0.25) is 5.91 Å². The molecule has 8 heteroatoms. The van der Waals surface area contributed by atoms with Crippen LogP contribution in [-0.2, 0) is 26.9 Å². The van der Waals surface area contributed by atoms with Gasteiger partial charge in [-0.3, -0.25) is 9.59 Å². The zero-order valence-electron chi connectivity index (χ0n) is 18.0. The Morgan fingerprint density at radius 1 is 0.939 bits per heavy atom. The van der Waals surface area contributed by atoms with E-state index >= 15 is 0 Å². The molecule has 3 aromatic rings. The molecule has 33 heavy (non-hydrogen) atoms. The van der Waals surface area contributed by atoms with E-state index in [9.17, 15) is 18.0 Å². The normalized spacial score (nSPS) is 10.8. The van der Waals surface area contributed by atoms with E-state index in [0.717, 1.165) is 11.1 Å². The van der Waals surface area contributed by atoms with Gasteiger partial charge in [-0.05, 0) is 54.4 Å². The highest BCUT2D eigenvalue weighted by molar-refractivity contribution is 7.91. The second kappa shape index (κ2) is 10.6. The van der Waals surface area contributed by atoms with Crippen molar-refractivity contribution in [3.8, 4) is 6.07 Å². The lowest BCUT2D eigenvalue weighted by Crippen LogP contribution is -2.30. The minimum atomic E-state index is -3.67. The fourth-order valence-electron chi connectivity index (χ4n) is 3.10. The SMILES string of the molecule is Cc1ccc(C(=O)Nc2cccc(CNC(=O)CS(=O)(=O)Cc3ccc(C#N)cc3)c2)cc1. The van der Waals surface area contributed by atoms with E-state index < -0.39 is 21.5 Å². The summed E-state index contributed by atoms with van der Waals surface area (Å²) in [5.41, 5.74) is 3.83. The van der Waals surface area contributed by atoms with Crippen molar-refractivity contribution in [1.29, 1.82) is 5.26 Å². The highest BCUT2D eigenvalue weighted by atomic mass is 32.2. The first-order valence-corrected chi connectivity index (χ1v) is 12.0. The largest absolute Gasteiger partial charge is 0.351 e. The fourth-order valence-corrected chi connectivity index (χ4v) is 4.40. The van der Waals surface area contributed by atoms with E-state index in [-0.39, 0.29) is 18.2 Å². The summed E-state index contributed by atoms with van der Waals surface area (Å²) in [6, 6.07) is 22.3. The van der Waals surface area contributed by atoms with Gasteiger partial charge in [0.1, 0.15) is 5.75 Å². The Morgan fingerprint density at radius 2 is 1.64 bits per heavy atom. The predicted molar refractivity (Wildman–Crippen MR) is 126 cm³/mol. The summed E-state index contributed by atoms with van der Waals surface area (Å²) in [5.74, 6) is -1.79. The number of nitrogens with one attached hydrogen (secondary N) is 2. The maximum absolute atomic E-state index is 12.4. The second-order valence-electron chi connectivity index (χ2n) is 7.64. The lowest BCUT2D eigenvalue weighted by Gasteiger charge is -2.10. The van der Waals surface area contributed by atoms with Crippen LogP contribution in [0.4, 0.5) is 5.69 Å². The minimum Gasteiger partial charge on any atom is -0.351 e. The first-order chi connectivity index (χ1) is 15.7. The predicted octanol–water partition coefficient (Wildman–Crippen LogP) is 3.35. The van der Waals surface area contributed by atoms with Crippen LogP contribution in [0.25, 0.3) is 0 Å². The number of hydrogen-bond donors (Lipinski definition) is 2. The number of nitrogens with zero attached hydrogens (tertiary/aromatic N) is 1. The number of nitriles is 1. The molecule has 0 unspecified atom stereocenters. The first-order valence-electron chi connectivity index (χ1n) is 10.2. The quantitative estimate of drug-likeness (QED) is 0.534. The van der Waals surface area contributed by atoms with Crippen LogP contribution in [-0.4, -0.2) is 26.0 Å². The molecule has 0 aliphatic heterocycles. The minimum absolute atomic E-state index is 0.124. The average Bonchev–Trinajstić information content (AvgIpc) is 2.78. The van der Waals surface area contributed by atoms with Crippen molar-refractivity contribution in [2.45, 2.75) is 19.2 Å². The van der Waals surface area contributed by atoms with Gasteiger partial charge in [-0.25, -0.2) is 8.42 Å². The molecule has 0 saturated carbocycles. The number of anilines is 1. The van der Waals surface area contributed by atoms with Crippen molar-refractivity contribution in [3.63, 3.8) is 0 Å². The van der Waals surface area contributed by atoms with Crippen molar-refractivity contribution in [2.24, 2.45) is 0 Å². The topological polar surface area (TPSA) is 116 Å². The third kappa shape index (κ3) is 7.30. The molecule has 0 heterocycles. The smallest absolute Gasteiger partial charge is 0.255 e. The number of amides is 2. The number of carbonyl (C=O) groups excluding carboxylic acids is 2. The summed E-state index contributed by atoms with van der Waals surface area (Å²) in [5, 5.41) is 14.2. The van der Waals surface area contributed by atoms with Crippen molar-refractivity contribution < 1.29 is 18.0 Å². The van der Waals surface area contributed by atoms with Crippen molar-refractivity contribution in [2.75, 3.05) is 11.1 Å². The summed E-state index contributed by atoms with van der Waals surface area (Å²) >= 11 is 0. The van der Waals surface area contributed by atoms with E-state index in [1.165, 1.54) is 12.1 Å². The number of benzene rings is 3. The monoisotopic (exact) mass is 461 g/mol. The number of carbonyl (C=O) groups is 2. The van der Waals surface area contributed by atoms with Gasteiger partial charge in [0, 0.05) is 17.8 Å². The van der Waals surface area contributed by atoms with Gasteiger partial charge in [-0.1, -0.05) is 42.0 Å². The molecule has 2 N–H and O–H groups in total. The summed E-state index contributed by atoms with van der Waals surface area (Å²) in [4.78, 5) is 24.6. The van der Waals surface area contributed by atoms with Crippen molar-refractivity contribution in [1.82, 2.24) is 5.32 Å². The molecule has 0 aliphatic carbocycles. The Morgan fingerprint density at radius 3 is 2.30 bits per heavy atom. The van der Waals surface area contributed by atoms with Crippen LogP contribution >= 0.6 is 0 Å². The summed E-state index contributed by atoms with van der Waals surface area (Å²) < 4.78 is 24.7. The summed E-state index contributed by atoms with van der Waals surface area (Å²) in [6.45, 7) is 2.07. The molecule has 2 amide bonds. The second-order valence-corrected chi connectivity index (χ2v) is 9.70. The first kappa shape index (κ1) is 23.7. The molecular formula is C25H23N3O4S. The van der Waals surface area contributed by atoms with Gasteiger partial charge in [0.05, 0.1) is 17.4 Å². The molecular weight excluding hydrogens is 438 g/mol. The molecule has 3 rings (SSSR count). The number of rotatable bonds is 8. The van der Waals surface area contributed by atoms with Crippen LogP contribution in [0.3, 0.4) is 0 Å². The van der Waals surface area contributed by atoms with Gasteiger partial charge < -0.3 is 10.6 Å². The van der Waals surface area contributed by atoms with E-state index in [0.29, 0.717) is 22.4 Å². The lowest BCUT2D eigenvalue weighted by molar-refractivity contribution is -0.118. The highest BCUT2D eigenvalue weighted by Gasteiger charge is 2.17. The Bertz CT molecular complexity index is 1290. The maximum atomic E-state index is 12.4. The van der Waals surface area contributed by atoms with Gasteiger partial charge >= 0.3 is 0 Å². The zero-order chi connectivity index (χ0) is 23.8. The van der Waals surface area contributed by atoms with E-state index in [4.69, 9.17) is 5.26 Å². The van der Waals surface area contributed by atoms with Crippen LogP contribution < -0.4 is 10.6 Å². The molecule has 0 saturated heterocycles. The number of sulfone groups is 1. The van der Waals surface area contributed by atoms with Gasteiger partial charge in [0.15, 0.2) is 9.84 Å². The van der Waals surface area contributed by atoms with Crippen LogP contribution in [0.1, 0.15) is 32.6 Å². The molecule has 0 radical (unpaired) electrons. The third-order valence-corrected chi connectivity index (χ3v) is 6.28. The molecule has 3 aromatic carbocycles. The van der Waals surface area contributed by atoms with Crippen molar-refractivity contribution >= 4 is 27.3 Å². The van der Waals surface area contributed by atoms with Crippen LogP contribution in [0.15, 0.2) is 72.8 Å². The van der Waals surface area contributed by atoms with E-state index in [1.54, 1.807) is 48.5 Å². The molecule has 0 aliphatic rings. The molecule has 168 valence electrons. The molecule has 7 nitrogen and oxygen atoms in total. The maximum Gasteiger partial charge on any atom is 0.255 e. The summed E-state index contributed by atoms with van der Waals surface area (Å²) in [6.07, 6.45) is 0. The third-order valence-electron chi connectivity index (χ3n) is 4.81. The zero-order valence-corrected chi connectivity index (χ0v) is 18.9.